The summed E-state index contributed by atoms with van der Waals surface area (Å²) >= 11 is 17.0. The number of halogens is 3. The molecule has 3 aromatic rings. The van der Waals surface area contributed by atoms with Crippen LogP contribution in [0.15, 0.2) is 75.1 Å². The molecule has 162 valence electrons. The first-order valence-corrected chi connectivity index (χ1v) is 11.8. The highest BCUT2D eigenvalue weighted by Crippen LogP contribution is 2.35. The molecule has 0 saturated heterocycles. The number of benzene rings is 3. The highest BCUT2D eigenvalue weighted by atomic mass is 79.9. The molecule has 32 heavy (non-hydrogen) atoms. The number of nitriles is 1. The lowest BCUT2D eigenvalue weighted by Gasteiger charge is -2.12. The van der Waals surface area contributed by atoms with Crippen molar-refractivity contribution >= 4 is 63.0 Å². The number of nitrogens with one attached hydrogen (secondary N) is 1. The lowest BCUT2D eigenvalue weighted by Crippen LogP contribution is -2.19. The quantitative estimate of drug-likeness (QED) is 0.199. The standard InChI is InChI=1S/C23H16BrCl2N3O2S/c24-20-9-15(12-28-29-22(30)14-32-19-7-5-18(25)6-8-19)10-21(26)23(20)31-13-17-4-2-1-3-16(17)11-27/h1-10,12H,13-14H2,(H,29,30)/b28-12-. The van der Waals surface area contributed by atoms with E-state index >= 15 is 0 Å². The summed E-state index contributed by atoms with van der Waals surface area (Å²) in [6.45, 7) is 0.205. The number of thioether (sulfide) groups is 1. The minimum atomic E-state index is -0.234. The van der Waals surface area contributed by atoms with E-state index in [0.717, 1.165) is 10.5 Å². The molecule has 0 bridgehead atoms. The van der Waals surface area contributed by atoms with Crippen molar-refractivity contribution in [1.82, 2.24) is 5.43 Å². The molecule has 0 aliphatic heterocycles. The van der Waals surface area contributed by atoms with E-state index < -0.39 is 0 Å². The van der Waals surface area contributed by atoms with Crippen LogP contribution in [0.1, 0.15) is 16.7 Å². The average molecular weight is 549 g/mol. The number of carbonyl (C=O) groups is 1. The molecular weight excluding hydrogens is 533 g/mol. The van der Waals surface area contributed by atoms with Gasteiger partial charge in [-0.05, 0) is 64.0 Å². The Kier molecular flexibility index (Phi) is 9.00. The smallest absolute Gasteiger partial charge is 0.250 e. The molecule has 0 spiro atoms. The molecule has 3 aromatic carbocycles. The zero-order valence-corrected chi connectivity index (χ0v) is 20.4. The van der Waals surface area contributed by atoms with E-state index in [1.165, 1.54) is 18.0 Å². The Morgan fingerprint density at radius 3 is 2.66 bits per heavy atom. The van der Waals surface area contributed by atoms with Crippen molar-refractivity contribution in [3.63, 3.8) is 0 Å². The van der Waals surface area contributed by atoms with Crippen LogP contribution < -0.4 is 10.2 Å². The molecule has 1 N–H and O–H groups in total. The van der Waals surface area contributed by atoms with Crippen LogP contribution in [0.5, 0.6) is 5.75 Å². The number of hydrazone groups is 1. The summed E-state index contributed by atoms with van der Waals surface area (Å²) in [5, 5.41) is 14.2. The van der Waals surface area contributed by atoms with Crippen molar-refractivity contribution in [2.75, 3.05) is 5.75 Å². The molecule has 0 atom stereocenters. The molecule has 0 fully saturated rings. The highest BCUT2D eigenvalue weighted by molar-refractivity contribution is 9.10. The van der Waals surface area contributed by atoms with Gasteiger partial charge in [-0.3, -0.25) is 4.79 Å². The second kappa shape index (κ2) is 11.9. The van der Waals surface area contributed by atoms with Crippen molar-refractivity contribution in [3.05, 3.63) is 91.9 Å². The molecule has 3 rings (SSSR count). The number of hydrogen-bond acceptors (Lipinski definition) is 5. The maximum Gasteiger partial charge on any atom is 0.250 e. The van der Waals surface area contributed by atoms with Crippen LogP contribution in [0.25, 0.3) is 0 Å². The summed E-state index contributed by atoms with van der Waals surface area (Å²) in [4.78, 5) is 12.9. The van der Waals surface area contributed by atoms with E-state index in [2.05, 4.69) is 32.5 Å². The van der Waals surface area contributed by atoms with E-state index in [-0.39, 0.29) is 18.3 Å². The van der Waals surface area contributed by atoms with Crippen molar-refractivity contribution in [1.29, 1.82) is 5.26 Å². The maximum absolute atomic E-state index is 12.0. The predicted molar refractivity (Wildman–Crippen MR) is 133 cm³/mol. The Morgan fingerprint density at radius 1 is 1.19 bits per heavy atom. The van der Waals surface area contributed by atoms with E-state index in [9.17, 15) is 10.1 Å². The van der Waals surface area contributed by atoms with Crippen LogP contribution in [0.4, 0.5) is 0 Å². The second-order valence-corrected chi connectivity index (χ2v) is 9.15. The van der Waals surface area contributed by atoms with Crippen LogP contribution in [-0.2, 0) is 11.4 Å². The van der Waals surface area contributed by atoms with E-state index in [1.54, 1.807) is 36.4 Å². The number of nitrogens with zero attached hydrogens (tertiary/aromatic N) is 2. The first-order valence-electron chi connectivity index (χ1n) is 9.26. The van der Waals surface area contributed by atoms with Crippen molar-refractivity contribution in [2.24, 2.45) is 5.10 Å². The number of carbonyl (C=O) groups excluding carboxylic acids is 1. The van der Waals surface area contributed by atoms with Gasteiger partial charge in [0.05, 0.1) is 33.1 Å². The van der Waals surface area contributed by atoms with Gasteiger partial charge in [-0.15, -0.1) is 11.8 Å². The van der Waals surface area contributed by atoms with Crippen molar-refractivity contribution in [3.8, 4) is 11.8 Å². The molecule has 0 saturated carbocycles. The first-order chi connectivity index (χ1) is 15.5. The van der Waals surface area contributed by atoms with Gasteiger partial charge < -0.3 is 4.74 Å². The Morgan fingerprint density at radius 2 is 1.94 bits per heavy atom. The highest BCUT2D eigenvalue weighted by Gasteiger charge is 2.11. The minimum Gasteiger partial charge on any atom is -0.486 e. The SMILES string of the molecule is N#Cc1ccccc1COc1c(Cl)cc(/C=N\NC(=O)CSc2ccc(Cl)cc2)cc1Br. The van der Waals surface area contributed by atoms with E-state index in [4.69, 9.17) is 27.9 Å². The zero-order valence-electron chi connectivity index (χ0n) is 16.5. The molecule has 1 amide bonds. The molecule has 5 nitrogen and oxygen atoms in total. The molecule has 0 aromatic heterocycles. The largest absolute Gasteiger partial charge is 0.486 e. The maximum atomic E-state index is 12.0. The van der Waals surface area contributed by atoms with Gasteiger partial charge >= 0.3 is 0 Å². The molecule has 9 heteroatoms. The lowest BCUT2D eigenvalue weighted by molar-refractivity contribution is -0.118. The van der Waals surface area contributed by atoms with Gasteiger partial charge in [0, 0.05) is 15.5 Å². The van der Waals surface area contributed by atoms with Crippen LogP contribution >= 0.6 is 50.9 Å². The van der Waals surface area contributed by atoms with Crippen LogP contribution in [-0.4, -0.2) is 17.9 Å². The summed E-state index contributed by atoms with van der Waals surface area (Å²) in [6.07, 6.45) is 1.50. The number of ether oxygens (including phenoxy) is 1. The van der Waals surface area contributed by atoms with Crippen LogP contribution in [0.3, 0.4) is 0 Å². The van der Waals surface area contributed by atoms with Gasteiger partial charge in [0.15, 0.2) is 5.75 Å². The van der Waals surface area contributed by atoms with E-state index in [1.807, 2.05) is 24.3 Å². The van der Waals surface area contributed by atoms with Crippen LogP contribution in [0, 0.1) is 11.3 Å². The summed E-state index contributed by atoms with van der Waals surface area (Å²) in [7, 11) is 0. The topological polar surface area (TPSA) is 74.5 Å². The van der Waals surface area contributed by atoms with Crippen LogP contribution in [0.2, 0.25) is 10.0 Å². The fourth-order valence-corrected chi connectivity index (χ4v) is 4.39. The molecular formula is C23H16BrCl2N3O2S. The van der Waals surface area contributed by atoms with E-state index in [0.29, 0.717) is 31.4 Å². The van der Waals surface area contributed by atoms with Crippen molar-refractivity contribution in [2.45, 2.75) is 11.5 Å². The fourth-order valence-electron chi connectivity index (χ4n) is 2.59. The summed E-state index contributed by atoms with van der Waals surface area (Å²) in [5.74, 6) is 0.447. The Labute approximate surface area is 208 Å². The number of hydrogen-bond donors (Lipinski definition) is 1. The van der Waals surface area contributed by atoms with Gasteiger partial charge in [0.2, 0.25) is 5.91 Å². The Balaban J connectivity index is 1.55. The summed E-state index contributed by atoms with van der Waals surface area (Å²) in [5.41, 5.74) is 4.48. The van der Waals surface area contributed by atoms with Gasteiger partial charge in [-0.25, -0.2) is 5.43 Å². The van der Waals surface area contributed by atoms with Gasteiger partial charge in [0.25, 0.3) is 0 Å². The second-order valence-electron chi connectivity index (χ2n) is 6.41. The fraction of sp³-hybridized carbons (Fsp3) is 0.0870. The lowest BCUT2D eigenvalue weighted by atomic mass is 10.1. The Bertz CT molecular complexity index is 1160. The number of rotatable bonds is 8. The van der Waals surface area contributed by atoms with Crippen molar-refractivity contribution < 1.29 is 9.53 Å². The normalized spacial score (nSPS) is 10.7. The molecule has 0 aliphatic rings. The monoisotopic (exact) mass is 547 g/mol. The predicted octanol–water partition coefficient (Wildman–Crippen LogP) is 6.45. The Hall–Kier alpha value is -2.50. The van der Waals surface area contributed by atoms with Gasteiger partial charge in [0.1, 0.15) is 6.61 Å². The average Bonchev–Trinajstić information content (AvgIpc) is 2.78. The molecule has 0 heterocycles. The number of amides is 1. The minimum absolute atomic E-state index is 0.205. The third kappa shape index (κ3) is 7.01. The first kappa shape index (κ1) is 24.1. The molecule has 0 radical (unpaired) electrons. The third-order valence-corrected chi connectivity index (χ3v) is 6.25. The molecule has 0 aliphatic carbocycles. The summed E-state index contributed by atoms with van der Waals surface area (Å²) < 4.78 is 6.45. The zero-order chi connectivity index (χ0) is 22.9. The van der Waals surface area contributed by atoms with Gasteiger partial charge in [-0.1, -0.05) is 41.4 Å². The summed E-state index contributed by atoms with van der Waals surface area (Å²) in [6, 6.07) is 20.1. The third-order valence-electron chi connectivity index (χ3n) is 4.12. The molecule has 0 unspecified atom stereocenters. The van der Waals surface area contributed by atoms with Gasteiger partial charge in [-0.2, -0.15) is 10.4 Å².